The molecule has 114 valence electrons. The zero-order valence-electron chi connectivity index (χ0n) is 12.9. The van der Waals surface area contributed by atoms with Gasteiger partial charge in [0, 0.05) is 18.3 Å². The van der Waals surface area contributed by atoms with Crippen LogP contribution in [0.1, 0.15) is 31.4 Å². The van der Waals surface area contributed by atoms with Crippen LogP contribution in [-0.4, -0.2) is 36.4 Å². The van der Waals surface area contributed by atoms with Gasteiger partial charge in [-0.3, -0.25) is 0 Å². The molecule has 0 amide bonds. The molecule has 21 heavy (non-hydrogen) atoms. The maximum atomic E-state index is 10.6. The van der Waals surface area contributed by atoms with Gasteiger partial charge in [0.05, 0.1) is 18.8 Å². The Morgan fingerprint density at radius 3 is 2.90 bits per heavy atom. The predicted octanol–water partition coefficient (Wildman–Crippen LogP) is 3.10. The van der Waals surface area contributed by atoms with Crippen LogP contribution in [0.3, 0.4) is 0 Å². The van der Waals surface area contributed by atoms with Gasteiger partial charge in [-0.2, -0.15) is 0 Å². The summed E-state index contributed by atoms with van der Waals surface area (Å²) < 4.78 is 5.74. The Balaban J connectivity index is 2.24. The first-order valence-corrected chi connectivity index (χ1v) is 7.41. The van der Waals surface area contributed by atoms with Gasteiger partial charge in [-0.05, 0) is 49.6 Å². The van der Waals surface area contributed by atoms with Crippen molar-refractivity contribution in [2.24, 2.45) is 0 Å². The second-order valence-corrected chi connectivity index (χ2v) is 5.58. The molecule has 2 atom stereocenters. The Morgan fingerprint density at radius 2 is 2.29 bits per heavy atom. The first-order chi connectivity index (χ1) is 10.0. The zero-order chi connectivity index (χ0) is 15.4. The fourth-order valence-corrected chi connectivity index (χ4v) is 2.75. The Labute approximate surface area is 126 Å². The number of carboxylic acids is 1. The van der Waals surface area contributed by atoms with Gasteiger partial charge in [0.2, 0.25) is 0 Å². The van der Waals surface area contributed by atoms with Crippen molar-refractivity contribution in [2.75, 3.05) is 18.1 Å². The van der Waals surface area contributed by atoms with Gasteiger partial charge in [0.15, 0.2) is 0 Å². The summed E-state index contributed by atoms with van der Waals surface area (Å²) in [5, 5.41) is 8.69. The predicted molar refractivity (Wildman–Crippen MR) is 84.7 cm³/mol. The molecule has 1 saturated heterocycles. The van der Waals surface area contributed by atoms with Gasteiger partial charge in [-0.15, -0.1) is 0 Å². The SMILES string of the molecule is CCC1COC(C)CN1c1ccc(C=CC(=O)O)cc1C. The zero-order valence-corrected chi connectivity index (χ0v) is 12.9. The van der Waals surface area contributed by atoms with E-state index < -0.39 is 5.97 Å². The number of aliphatic carboxylic acids is 1. The molecule has 1 heterocycles. The highest BCUT2D eigenvalue weighted by atomic mass is 16.5. The molecule has 1 aliphatic rings. The number of aryl methyl sites for hydroxylation is 1. The maximum absolute atomic E-state index is 10.6. The molecule has 0 spiro atoms. The second kappa shape index (κ2) is 6.76. The van der Waals surface area contributed by atoms with Crippen molar-refractivity contribution in [3.63, 3.8) is 0 Å². The molecule has 0 aromatic heterocycles. The smallest absolute Gasteiger partial charge is 0.328 e. The number of rotatable bonds is 4. The first-order valence-electron chi connectivity index (χ1n) is 7.41. The number of carboxylic acid groups (broad SMARTS) is 1. The molecule has 0 aliphatic carbocycles. The Bertz CT molecular complexity index is 539. The van der Waals surface area contributed by atoms with Crippen LogP contribution in [0.15, 0.2) is 24.3 Å². The number of ether oxygens (including phenoxy) is 1. The molecule has 4 nitrogen and oxygen atoms in total. The monoisotopic (exact) mass is 289 g/mol. The number of carbonyl (C=O) groups is 1. The summed E-state index contributed by atoms with van der Waals surface area (Å²) >= 11 is 0. The van der Waals surface area contributed by atoms with Crippen LogP contribution in [-0.2, 0) is 9.53 Å². The summed E-state index contributed by atoms with van der Waals surface area (Å²) in [6, 6.07) is 6.48. The van der Waals surface area contributed by atoms with Crippen molar-refractivity contribution < 1.29 is 14.6 Å². The minimum absolute atomic E-state index is 0.235. The molecule has 0 bridgehead atoms. The molecule has 1 N–H and O–H groups in total. The third-order valence-corrected chi connectivity index (χ3v) is 3.89. The molecule has 2 rings (SSSR count). The molecule has 1 fully saturated rings. The lowest BCUT2D eigenvalue weighted by molar-refractivity contribution is -0.131. The fourth-order valence-electron chi connectivity index (χ4n) is 2.75. The van der Waals surface area contributed by atoms with E-state index in [0.717, 1.165) is 30.7 Å². The molecular weight excluding hydrogens is 266 g/mol. The van der Waals surface area contributed by atoms with E-state index in [2.05, 4.69) is 31.7 Å². The summed E-state index contributed by atoms with van der Waals surface area (Å²) in [4.78, 5) is 13.0. The summed E-state index contributed by atoms with van der Waals surface area (Å²) in [5.41, 5.74) is 3.28. The highest BCUT2D eigenvalue weighted by Crippen LogP contribution is 2.27. The number of benzene rings is 1. The van der Waals surface area contributed by atoms with E-state index in [4.69, 9.17) is 9.84 Å². The van der Waals surface area contributed by atoms with E-state index >= 15 is 0 Å². The van der Waals surface area contributed by atoms with Gasteiger partial charge in [-0.25, -0.2) is 4.79 Å². The van der Waals surface area contributed by atoms with Gasteiger partial charge in [0.1, 0.15) is 0 Å². The van der Waals surface area contributed by atoms with Crippen LogP contribution in [0.4, 0.5) is 5.69 Å². The lowest BCUT2D eigenvalue weighted by Crippen LogP contribution is -2.49. The van der Waals surface area contributed by atoms with E-state index in [1.807, 2.05) is 12.1 Å². The second-order valence-electron chi connectivity index (χ2n) is 5.58. The molecule has 4 heteroatoms. The molecular formula is C17H23NO3. The van der Waals surface area contributed by atoms with Crippen LogP contribution in [0.5, 0.6) is 0 Å². The number of hydrogen-bond acceptors (Lipinski definition) is 3. The van der Waals surface area contributed by atoms with Crippen LogP contribution in [0, 0.1) is 6.92 Å². The fraction of sp³-hybridized carbons (Fsp3) is 0.471. The van der Waals surface area contributed by atoms with Crippen molar-refractivity contribution in [3.05, 3.63) is 35.4 Å². The third-order valence-electron chi connectivity index (χ3n) is 3.89. The van der Waals surface area contributed by atoms with Crippen LogP contribution in [0.2, 0.25) is 0 Å². The summed E-state index contributed by atoms with van der Waals surface area (Å²) in [6.45, 7) is 8.00. The van der Waals surface area contributed by atoms with Crippen molar-refractivity contribution in [1.82, 2.24) is 0 Å². The number of morpholine rings is 1. The van der Waals surface area contributed by atoms with Gasteiger partial charge >= 0.3 is 5.97 Å². The van der Waals surface area contributed by atoms with E-state index in [-0.39, 0.29) is 6.10 Å². The van der Waals surface area contributed by atoms with E-state index in [1.165, 1.54) is 11.8 Å². The highest BCUT2D eigenvalue weighted by molar-refractivity contribution is 5.85. The van der Waals surface area contributed by atoms with E-state index in [1.54, 1.807) is 6.08 Å². The van der Waals surface area contributed by atoms with Crippen LogP contribution >= 0.6 is 0 Å². The average molecular weight is 289 g/mol. The standard InChI is InChI=1S/C17H23NO3/c1-4-15-11-21-13(3)10-18(15)16-7-5-14(9-12(16)2)6-8-17(19)20/h5-9,13,15H,4,10-11H2,1-3H3,(H,19,20). The van der Waals surface area contributed by atoms with E-state index in [0.29, 0.717) is 6.04 Å². The molecule has 1 aromatic carbocycles. The number of nitrogens with zero attached hydrogens (tertiary/aromatic N) is 1. The summed E-state index contributed by atoms with van der Waals surface area (Å²) in [7, 11) is 0. The number of anilines is 1. The Hall–Kier alpha value is -1.81. The third kappa shape index (κ3) is 3.85. The lowest BCUT2D eigenvalue weighted by atomic mass is 10.0. The highest BCUT2D eigenvalue weighted by Gasteiger charge is 2.26. The molecule has 1 aromatic rings. The largest absolute Gasteiger partial charge is 0.478 e. The van der Waals surface area contributed by atoms with Crippen LogP contribution < -0.4 is 4.90 Å². The summed E-state index contributed by atoms with van der Waals surface area (Å²) in [6.07, 6.45) is 4.07. The van der Waals surface area contributed by atoms with Gasteiger partial charge in [-0.1, -0.05) is 13.0 Å². The van der Waals surface area contributed by atoms with Crippen molar-refractivity contribution in [2.45, 2.75) is 39.3 Å². The minimum Gasteiger partial charge on any atom is -0.478 e. The maximum Gasteiger partial charge on any atom is 0.328 e. The molecule has 1 aliphatic heterocycles. The molecule has 0 saturated carbocycles. The number of hydrogen-bond donors (Lipinski definition) is 1. The van der Waals surface area contributed by atoms with Gasteiger partial charge < -0.3 is 14.7 Å². The van der Waals surface area contributed by atoms with Crippen molar-refractivity contribution in [1.29, 1.82) is 0 Å². The Morgan fingerprint density at radius 1 is 1.52 bits per heavy atom. The quantitative estimate of drug-likeness (QED) is 0.865. The Kier molecular flexibility index (Phi) is 5.02. The first kappa shape index (κ1) is 15.6. The average Bonchev–Trinajstić information content (AvgIpc) is 2.45. The van der Waals surface area contributed by atoms with Crippen LogP contribution in [0.25, 0.3) is 6.08 Å². The van der Waals surface area contributed by atoms with Crippen molar-refractivity contribution >= 4 is 17.7 Å². The topological polar surface area (TPSA) is 49.8 Å². The molecule has 2 unspecified atom stereocenters. The normalized spacial score (nSPS) is 22.7. The molecule has 0 radical (unpaired) electrons. The van der Waals surface area contributed by atoms with E-state index in [9.17, 15) is 4.79 Å². The van der Waals surface area contributed by atoms with Gasteiger partial charge in [0.25, 0.3) is 0 Å². The lowest BCUT2D eigenvalue weighted by Gasteiger charge is -2.40. The summed E-state index contributed by atoms with van der Waals surface area (Å²) in [5.74, 6) is -0.926. The van der Waals surface area contributed by atoms with Crippen molar-refractivity contribution in [3.8, 4) is 0 Å². The minimum atomic E-state index is -0.926.